The number of aromatic nitrogens is 1. The molecule has 0 aliphatic heterocycles. The molecule has 0 aliphatic carbocycles. The summed E-state index contributed by atoms with van der Waals surface area (Å²) in [6.45, 7) is -0.0889. The summed E-state index contributed by atoms with van der Waals surface area (Å²) < 4.78 is 0. The fourth-order valence-corrected chi connectivity index (χ4v) is 2.02. The van der Waals surface area contributed by atoms with Crippen LogP contribution < -0.4 is 0 Å². The van der Waals surface area contributed by atoms with Crippen LogP contribution in [0.25, 0.3) is 11.3 Å². The topological polar surface area (TPSA) is 33.1 Å². The first-order chi connectivity index (χ1) is 8.11. The molecule has 2 nitrogen and oxygen atoms in total. The van der Waals surface area contributed by atoms with Gasteiger partial charge in [-0.25, -0.2) is 0 Å². The molecule has 17 heavy (non-hydrogen) atoms. The lowest BCUT2D eigenvalue weighted by Gasteiger charge is -2.06. The summed E-state index contributed by atoms with van der Waals surface area (Å²) in [4.78, 5) is 4.20. The monoisotopic (exact) mass is 287 g/mol. The maximum absolute atomic E-state index is 8.97. The van der Waals surface area contributed by atoms with Crippen molar-refractivity contribution in [3.05, 3.63) is 51.1 Å². The second-order valence-corrected chi connectivity index (χ2v) is 4.68. The Morgan fingerprint density at radius 1 is 1.00 bits per heavy atom. The van der Waals surface area contributed by atoms with Crippen LogP contribution in [-0.4, -0.2) is 10.1 Å². The van der Waals surface area contributed by atoms with Gasteiger partial charge in [-0.1, -0.05) is 40.9 Å². The van der Waals surface area contributed by atoms with E-state index in [1.165, 1.54) is 0 Å². The summed E-state index contributed by atoms with van der Waals surface area (Å²) in [5.74, 6) is 0. The fourth-order valence-electron chi connectivity index (χ4n) is 1.42. The van der Waals surface area contributed by atoms with E-state index in [4.69, 9.17) is 39.9 Å². The zero-order valence-electron chi connectivity index (χ0n) is 8.62. The van der Waals surface area contributed by atoms with Gasteiger partial charge < -0.3 is 5.11 Å². The van der Waals surface area contributed by atoms with E-state index in [2.05, 4.69) is 4.98 Å². The summed E-state index contributed by atoms with van der Waals surface area (Å²) in [5.41, 5.74) is 2.06. The molecule has 2 aromatic rings. The van der Waals surface area contributed by atoms with Crippen molar-refractivity contribution < 1.29 is 5.11 Å². The second-order valence-electron chi connectivity index (χ2n) is 3.46. The van der Waals surface area contributed by atoms with Gasteiger partial charge in [0.05, 0.1) is 27.4 Å². The van der Waals surface area contributed by atoms with Gasteiger partial charge in [0.1, 0.15) is 0 Å². The maximum Gasteiger partial charge on any atom is 0.0888 e. The Labute approximate surface area is 114 Å². The van der Waals surface area contributed by atoms with Crippen LogP contribution >= 0.6 is 34.8 Å². The van der Waals surface area contributed by atoms with Crippen LogP contribution in [0, 0.1) is 0 Å². The van der Waals surface area contributed by atoms with Gasteiger partial charge in [-0.2, -0.15) is 0 Å². The molecule has 5 heteroatoms. The van der Waals surface area contributed by atoms with Crippen molar-refractivity contribution in [1.82, 2.24) is 4.98 Å². The average Bonchev–Trinajstić information content (AvgIpc) is 2.32. The largest absolute Gasteiger partial charge is 0.392 e. The maximum atomic E-state index is 8.97. The van der Waals surface area contributed by atoms with Crippen LogP contribution in [0.3, 0.4) is 0 Å². The van der Waals surface area contributed by atoms with Crippen LogP contribution in [-0.2, 0) is 6.61 Å². The zero-order valence-corrected chi connectivity index (χ0v) is 10.9. The zero-order chi connectivity index (χ0) is 12.4. The quantitative estimate of drug-likeness (QED) is 0.898. The third kappa shape index (κ3) is 2.72. The molecule has 0 radical (unpaired) electrons. The molecule has 1 heterocycles. The first-order valence-electron chi connectivity index (χ1n) is 4.82. The van der Waals surface area contributed by atoms with Crippen LogP contribution in [0.2, 0.25) is 15.1 Å². The molecule has 1 aromatic carbocycles. The van der Waals surface area contributed by atoms with E-state index < -0.39 is 0 Å². The molecule has 0 saturated heterocycles. The van der Waals surface area contributed by atoms with Crippen LogP contribution in [0.15, 0.2) is 30.5 Å². The molecule has 1 N–H and O–H groups in total. The number of hydrogen-bond acceptors (Lipinski definition) is 2. The van der Waals surface area contributed by atoms with Gasteiger partial charge in [0.2, 0.25) is 0 Å². The van der Waals surface area contributed by atoms with Crippen molar-refractivity contribution in [2.45, 2.75) is 6.61 Å². The third-order valence-electron chi connectivity index (χ3n) is 2.27. The van der Waals surface area contributed by atoms with E-state index in [9.17, 15) is 0 Å². The highest BCUT2D eigenvalue weighted by Gasteiger charge is 2.08. The van der Waals surface area contributed by atoms with Crippen molar-refractivity contribution in [3.8, 4) is 11.3 Å². The highest BCUT2D eigenvalue weighted by molar-refractivity contribution is 6.42. The van der Waals surface area contributed by atoms with Crippen LogP contribution in [0.1, 0.15) is 5.56 Å². The Bertz CT molecular complexity index is 557. The molecule has 0 unspecified atom stereocenters. The summed E-state index contributed by atoms with van der Waals surface area (Å²) in [6.07, 6.45) is 1.57. The minimum atomic E-state index is -0.0889. The number of aliphatic hydroxyl groups excluding tert-OH is 1. The molecule has 0 atom stereocenters. The molecular formula is C12H8Cl3NO. The van der Waals surface area contributed by atoms with E-state index in [0.29, 0.717) is 26.3 Å². The van der Waals surface area contributed by atoms with Crippen molar-refractivity contribution in [2.24, 2.45) is 0 Å². The van der Waals surface area contributed by atoms with Gasteiger partial charge in [-0.3, -0.25) is 4.98 Å². The first kappa shape index (κ1) is 12.7. The first-order valence-corrected chi connectivity index (χ1v) is 5.96. The molecule has 0 saturated carbocycles. The van der Waals surface area contributed by atoms with E-state index >= 15 is 0 Å². The molecule has 1 aromatic heterocycles. The van der Waals surface area contributed by atoms with Gasteiger partial charge in [0, 0.05) is 11.8 Å². The van der Waals surface area contributed by atoms with Crippen LogP contribution in [0.5, 0.6) is 0 Å². The Kier molecular flexibility index (Phi) is 3.89. The molecule has 2 rings (SSSR count). The Morgan fingerprint density at radius 2 is 1.76 bits per heavy atom. The Morgan fingerprint density at radius 3 is 2.35 bits per heavy atom. The minimum Gasteiger partial charge on any atom is -0.392 e. The van der Waals surface area contributed by atoms with E-state index in [-0.39, 0.29) is 6.61 Å². The van der Waals surface area contributed by atoms with Gasteiger partial charge in [-0.05, 0) is 23.8 Å². The molecule has 0 amide bonds. The van der Waals surface area contributed by atoms with Gasteiger partial charge in [-0.15, -0.1) is 0 Å². The standard InChI is InChI=1S/C12H8Cl3NO/c13-9-2-1-8(4-10(9)14)12-11(15)3-7(6-17)5-16-12/h1-5,17H,6H2. The SMILES string of the molecule is OCc1cnc(-c2ccc(Cl)c(Cl)c2)c(Cl)c1. The lowest BCUT2D eigenvalue weighted by Crippen LogP contribution is -1.90. The number of aliphatic hydroxyl groups is 1. The van der Waals surface area contributed by atoms with E-state index in [0.717, 1.165) is 5.56 Å². The van der Waals surface area contributed by atoms with Crippen LogP contribution in [0.4, 0.5) is 0 Å². The second kappa shape index (κ2) is 5.23. The highest BCUT2D eigenvalue weighted by Crippen LogP contribution is 2.31. The predicted molar refractivity (Wildman–Crippen MR) is 70.6 cm³/mol. The van der Waals surface area contributed by atoms with Crippen molar-refractivity contribution in [2.75, 3.05) is 0 Å². The predicted octanol–water partition coefficient (Wildman–Crippen LogP) is 4.20. The lowest BCUT2D eigenvalue weighted by atomic mass is 10.1. The minimum absolute atomic E-state index is 0.0889. The van der Waals surface area contributed by atoms with Crippen molar-refractivity contribution in [3.63, 3.8) is 0 Å². The number of hydrogen-bond donors (Lipinski definition) is 1. The number of rotatable bonds is 2. The highest BCUT2D eigenvalue weighted by atomic mass is 35.5. The molecule has 0 aliphatic rings. The summed E-state index contributed by atoms with van der Waals surface area (Å²) in [6, 6.07) is 6.86. The molecule has 88 valence electrons. The Hall–Kier alpha value is -0.800. The fraction of sp³-hybridized carbons (Fsp3) is 0.0833. The van der Waals surface area contributed by atoms with Gasteiger partial charge in [0.25, 0.3) is 0 Å². The Balaban J connectivity index is 2.49. The lowest BCUT2D eigenvalue weighted by molar-refractivity contribution is 0.281. The van der Waals surface area contributed by atoms with E-state index in [1.807, 2.05) is 0 Å². The van der Waals surface area contributed by atoms with E-state index in [1.54, 1.807) is 30.5 Å². The van der Waals surface area contributed by atoms with Gasteiger partial charge in [0.15, 0.2) is 0 Å². The summed E-state index contributed by atoms with van der Waals surface area (Å²) >= 11 is 17.9. The number of halogens is 3. The average molecular weight is 289 g/mol. The van der Waals surface area contributed by atoms with Gasteiger partial charge >= 0.3 is 0 Å². The van der Waals surface area contributed by atoms with Crippen molar-refractivity contribution >= 4 is 34.8 Å². The van der Waals surface area contributed by atoms with Crippen molar-refractivity contribution in [1.29, 1.82) is 0 Å². The number of pyridine rings is 1. The number of nitrogens with zero attached hydrogens (tertiary/aromatic N) is 1. The molecule has 0 bridgehead atoms. The molecule has 0 spiro atoms. The number of benzene rings is 1. The molecule has 0 fully saturated rings. The normalized spacial score (nSPS) is 10.6. The molecular weight excluding hydrogens is 280 g/mol. The summed E-state index contributed by atoms with van der Waals surface area (Å²) in [5, 5.41) is 10.4. The third-order valence-corrected chi connectivity index (χ3v) is 3.30. The smallest absolute Gasteiger partial charge is 0.0888 e. The summed E-state index contributed by atoms with van der Waals surface area (Å²) in [7, 11) is 0.